The molecule has 0 spiro atoms. The first-order valence-corrected chi connectivity index (χ1v) is 10.4. The fraction of sp³-hybridized carbons (Fsp3) is 0.636. The maximum Gasteiger partial charge on any atom is 0.306 e. The van der Waals surface area contributed by atoms with Crippen LogP contribution in [-0.4, -0.2) is 18.5 Å². The van der Waals surface area contributed by atoms with E-state index in [1.807, 2.05) is 0 Å². The van der Waals surface area contributed by atoms with E-state index in [0.717, 1.165) is 19.3 Å². The first-order valence-electron chi connectivity index (χ1n) is 10.4. The summed E-state index contributed by atoms with van der Waals surface area (Å²) in [7, 11) is 0. The molecule has 0 aliphatic heterocycles. The lowest BCUT2D eigenvalue weighted by Crippen LogP contribution is -2.11. The molecular formula is C22H31F3O4. The van der Waals surface area contributed by atoms with Crippen LogP contribution in [0.3, 0.4) is 0 Å². The van der Waals surface area contributed by atoms with Crippen molar-refractivity contribution in [1.29, 1.82) is 0 Å². The van der Waals surface area contributed by atoms with Crippen LogP contribution in [0.2, 0.25) is 0 Å². The van der Waals surface area contributed by atoms with Gasteiger partial charge in [0.15, 0.2) is 11.6 Å². The van der Waals surface area contributed by atoms with Crippen LogP contribution in [-0.2, 0) is 25.7 Å². The third kappa shape index (κ3) is 11.5. The average molecular weight is 416 g/mol. The molecule has 0 aromatic heterocycles. The molecule has 0 bridgehead atoms. The summed E-state index contributed by atoms with van der Waals surface area (Å²) in [5.74, 6) is -4.78. The zero-order chi connectivity index (χ0) is 21.5. The Morgan fingerprint density at radius 2 is 1.24 bits per heavy atom. The highest BCUT2D eigenvalue weighted by Gasteiger charge is 2.13. The first kappa shape index (κ1) is 25.0. The number of rotatable bonds is 15. The van der Waals surface area contributed by atoms with E-state index in [2.05, 4.69) is 6.92 Å². The molecule has 7 heteroatoms. The van der Waals surface area contributed by atoms with E-state index >= 15 is 0 Å². The minimum absolute atomic E-state index is 0.142. The van der Waals surface area contributed by atoms with Gasteiger partial charge in [0.05, 0.1) is 19.4 Å². The molecule has 0 heterocycles. The van der Waals surface area contributed by atoms with Gasteiger partial charge in [-0.15, -0.1) is 0 Å². The van der Waals surface area contributed by atoms with Crippen LogP contribution >= 0.6 is 0 Å². The number of unbranched alkanes of at least 4 members (excludes halogenated alkanes) is 8. The van der Waals surface area contributed by atoms with Gasteiger partial charge in [0.25, 0.3) is 0 Å². The van der Waals surface area contributed by atoms with E-state index in [-0.39, 0.29) is 18.4 Å². The van der Waals surface area contributed by atoms with Crippen molar-refractivity contribution in [2.45, 2.75) is 84.2 Å². The molecule has 1 aromatic carbocycles. The summed E-state index contributed by atoms with van der Waals surface area (Å²) in [6.45, 7) is 1.99. The third-order valence-electron chi connectivity index (χ3n) is 4.52. The van der Waals surface area contributed by atoms with Gasteiger partial charge >= 0.3 is 11.9 Å². The van der Waals surface area contributed by atoms with Crippen molar-refractivity contribution in [1.82, 2.24) is 0 Å². The molecule has 0 atom stereocenters. The van der Waals surface area contributed by atoms with Crippen molar-refractivity contribution >= 4 is 11.9 Å². The number of carbonyl (C=O) groups is 2. The first-order chi connectivity index (χ1) is 13.9. The lowest BCUT2D eigenvalue weighted by atomic mass is 10.1. The Balaban J connectivity index is 2.05. The molecule has 164 valence electrons. The van der Waals surface area contributed by atoms with Crippen molar-refractivity contribution in [3.63, 3.8) is 0 Å². The largest absolute Gasteiger partial charge is 0.466 e. The molecule has 0 aliphatic rings. The summed E-state index contributed by atoms with van der Waals surface area (Å²) >= 11 is 0. The van der Waals surface area contributed by atoms with Crippen LogP contribution in [0.1, 0.15) is 83.1 Å². The molecule has 4 nitrogen and oxygen atoms in total. The summed E-state index contributed by atoms with van der Waals surface area (Å²) in [6, 6.07) is 1.03. The predicted octanol–water partition coefficient (Wildman–Crippen LogP) is 6.00. The van der Waals surface area contributed by atoms with Gasteiger partial charge in [-0.05, 0) is 12.5 Å². The summed E-state index contributed by atoms with van der Waals surface area (Å²) < 4.78 is 49.2. The van der Waals surface area contributed by atoms with Gasteiger partial charge in [0.2, 0.25) is 0 Å². The molecule has 0 saturated carbocycles. The van der Waals surface area contributed by atoms with Crippen molar-refractivity contribution < 1.29 is 32.2 Å². The van der Waals surface area contributed by atoms with Crippen molar-refractivity contribution in [3.8, 4) is 0 Å². The molecule has 0 N–H and O–H groups in total. The SMILES string of the molecule is CCCCCCCCCCCOC(=O)CCC(=O)OCc1cc(F)c(F)cc1F. The fourth-order valence-corrected chi connectivity index (χ4v) is 2.78. The number of benzene rings is 1. The predicted molar refractivity (Wildman–Crippen MR) is 104 cm³/mol. The van der Waals surface area contributed by atoms with E-state index in [1.54, 1.807) is 0 Å². The van der Waals surface area contributed by atoms with Gasteiger partial charge < -0.3 is 9.47 Å². The maximum atomic E-state index is 13.4. The van der Waals surface area contributed by atoms with Gasteiger partial charge in [-0.2, -0.15) is 0 Å². The van der Waals surface area contributed by atoms with Gasteiger partial charge in [-0.3, -0.25) is 9.59 Å². The Labute approximate surface area is 170 Å². The normalized spacial score (nSPS) is 10.8. The molecule has 0 saturated heterocycles. The minimum atomic E-state index is -1.31. The summed E-state index contributed by atoms with van der Waals surface area (Å²) in [5, 5.41) is 0. The van der Waals surface area contributed by atoms with Crippen LogP contribution in [0.4, 0.5) is 13.2 Å². The van der Waals surface area contributed by atoms with Crippen LogP contribution in [0, 0.1) is 17.5 Å². The number of ether oxygens (including phenoxy) is 2. The number of esters is 2. The molecule has 0 unspecified atom stereocenters. The number of carbonyl (C=O) groups excluding carboxylic acids is 2. The van der Waals surface area contributed by atoms with Gasteiger partial charge in [0.1, 0.15) is 12.4 Å². The van der Waals surface area contributed by atoms with E-state index in [9.17, 15) is 22.8 Å². The second-order valence-corrected chi connectivity index (χ2v) is 7.07. The average Bonchev–Trinajstić information content (AvgIpc) is 2.69. The Morgan fingerprint density at radius 3 is 1.86 bits per heavy atom. The van der Waals surface area contributed by atoms with E-state index in [1.165, 1.54) is 38.5 Å². The molecule has 0 aliphatic carbocycles. The molecule has 0 amide bonds. The third-order valence-corrected chi connectivity index (χ3v) is 4.52. The Bertz CT molecular complexity index is 635. The second-order valence-electron chi connectivity index (χ2n) is 7.07. The minimum Gasteiger partial charge on any atom is -0.466 e. The Hall–Kier alpha value is -2.05. The second kappa shape index (κ2) is 14.9. The topological polar surface area (TPSA) is 52.6 Å². The molecular weight excluding hydrogens is 385 g/mol. The summed E-state index contributed by atoms with van der Waals surface area (Å²) in [6.07, 6.45) is 10.1. The van der Waals surface area contributed by atoms with Crippen LogP contribution in [0.25, 0.3) is 0 Å². The number of halogens is 3. The fourth-order valence-electron chi connectivity index (χ4n) is 2.78. The smallest absolute Gasteiger partial charge is 0.306 e. The van der Waals surface area contributed by atoms with Crippen LogP contribution in [0.15, 0.2) is 12.1 Å². The highest BCUT2D eigenvalue weighted by molar-refractivity contribution is 5.77. The molecule has 0 radical (unpaired) electrons. The lowest BCUT2D eigenvalue weighted by molar-refractivity contribution is -0.151. The van der Waals surface area contributed by atoms with Crippen molar-refractivity contribution in [3.05, 3.63) is 35.1 Å². The van der Waals surface area contributed by atoms with Gasteiger partial charge in [-0.1, -0.05) is 58.3 Å². The Kier molecular flexibility index (Phi) is 12.8. The van der Waals surface area contributed by atoms with Crippen molar-refractivity contribution in [2.75, 3.05) is 6.61 Å². The summed E-state index contributed by atoms with van der Waals surface area (Å²) in [4.78, 5) is 23.2. The van der Waals surface area contributed by atoms with Gasteiger partial charge in [0, 0.05) is 11.6 Å². The van der Waals surface area contributed by atoms with E-state index in [0.29, 0.717) is 18.7 Å². The van der Waals surface area contributed by atoms with E-state index < -0.39 is 36.0 Å². The monoisotopic (exact) mass is 416 g/mol. The highest BCUT2D eigenvalue weighted by Crippen LogP contribution is 2.15. The zero-order valence-electron chi connectivity index (χ0n) is 17.1. The van der Waals surface area contributed by atoms with Crippen LogP contribution < -0.4 is 0 Å². The molecule has 0 fully saturated rings. The van der Waals surface area contributed by atoms with Crippen LogP contribution in [0.5, 0.6) is 0 Å². The maximum absolute atomic E-state index is 13.4. The standard InChI is InChI=1S/C22H31F3O4/c1-2-3-4-5-6-7-8-9-10-13-28-21(26)11-12-22(27)29-16-17-14-19(24)20(25)15-18(17)23/h14-15H,2-13,16H2,1H3. The lowest BCUT2D eigenvalue weighted by Gasteiger charge is -2.07. The van der Waals surface area contributed by atoms with Crippen molar-refractivity contribution in [2.24, 2.45) is 0 Å². The number of hydrogen-bond acceptors (Lipinski definition) is 4. The summed E-state index contributed by atoms with van der Waals surface area (Å²) in [5.41, 5.74) is -0.273. The number of hydrogen-bond donors (Lipinski definition) is 0. The molecule has 1 rings (SSSR count). The van der Waals surface area contributed by atoms with E-state index in [4.69, 9.17) is 9.47 Å². The molecule has 29 heavy (non-hydrogen) atoms. The van der Waals surface area contributed by atoms with Gasteiger partial charge in [-0.25, -0.2) is 13.2 Å². The zero-order valence-corrected chi connectivity index (χ0v) is 17.1. The quantitative estimate of drug-likeness (QED) is 0.200. The molecule has 1 aromatic rings. The Morgan fingerprint density at radius 1 is 0.724 bits per heavy atom. The highest BCUT2D eigenvalue weighted by atomic mass is 19.2.